The van der Waals surface area contributed by atoms with E-state index in [2.05, 4.69) is 10.6 Å². The molecule has 0 saturated heterocycles. The van der Waals surface area contributed by atoms with Crippen LogP contribution in [0.25, 0.3) is 0 Å². The molecular formula is C18H28ClN3O4S. The fourth-order valence-electron chi connectivity index (χ4n) is 2.29. The molecule has 0 saturated carbocycles. The van der Waals surface area contributed by atoms with Crippen LogP contribution in [0.4, 0.5) is 0 Å². The van der Waals surface area contributed by atoms with Gasteiger partial charge in [0.2, 0.25) is 15.9 Å². The SMILES string of the molecule is CCCNC(=O)CCCCCNC(=O)c1cc(S(=O)(=O)N(C)C)ccc1Cl. The van der Waals surface area contributed by atoms with Gasteiger partial charge in [-0.05, 0) is 37.5 Å². The first-order chi connectivity index (χ1) is 12.7. The highest BCUT2D eigenvalue weighted by atomic mass is 35.5. The Labute approximate surface area is 166 Å². The Morgan fingerprint density at radius 2 is 1.78 bits per heavy atom. The van der Waals surface area contributed by atoms with E-state index in [-0.39, 0.29) is 21.4 Å². The Hall–Kier alpha value is -1.64. The highest BCUT2D eigenvalue weighted by molar-refractivity contribution is 7.89. The van der Waals surface area contributed by atoms with Crippen molar-refractivity contribution in [2.24, 2.45) is 0 Å². The molecule has 1 rings (SSSR count). The average molecular weight is 418 g/mol. The maximum Gasteiger partial charge on any atom is 0.252 e. The van der Waals surface area contributed by atoms with E-state index in [1.165, 1.54) is 32.3 Å². The second kappa shape index (κ2) is 11.3. The van der Waals surface area contributed by atoms with Gasteiger partial charge in [0, 0.05) is 33.6 Å². The Morgan fingerprint density at radius 1 is 1.07 bits per heavy atom. The van der Waals surface area contributed by atoms with Crippen LogP contribution in [0.1, 0.15) is 49.4 Å². The van der Waals surface area contributed by atoms with Crippen molar-refractivity contribution in [3.05, 3.63) is 28.8 Å². The number of hydrogen-bond acceptors (Lipinski definition) is 4. The third-order valence-electron chi connectivity index (χ3n) is 3.90. The minimum Gasteiger partial charge on any atom is -0.356 e. The summed E-state index contributed by atoms with van der Waals surface area (Å²) in [6, 6.07) is 4.06. The predicted molar refractivity (Wildman–Crippen MR) is 106 cm³/mol. The largest absolute Gasteiger partial charge is 0.356 e. The van der Waals surface area contributed by atoms with Crippen LogP contribution < -0.4 is 10.6 Å². The molecule has 0 unspecified atom stereocenters. The van der Waals surface area contributed by atoms with E-state index in [9.17, 15) is 18.0 Å². The minimum atomic E-state index is -3.64. The van der Waals surface area contributed by atoms with Crippen molar-refractivity contribution < 1.29 is 18.0 Å². The molecule has 1 aromatic carbocycles. The molecule has 0 aliphatic heterocycles. The molecule has 0 bridgehead atoms. The van der Waals surface area contributed by atoms with Crippen molar-refractivity contribution >= 4 is 33.4 Å². The Morgan fingerprint density at radius 3 is 2.41 bits per heavy atom. The van der Waals surface area contributed by atoms with Crippen molar-refractivity contribution in [3.63, 3.8) is 0 Å². The van der Waals surface area contributed by atoms with Gasteiger partial charge in [-0.2, -0.15) is 0 Å². The fourth-order valence-corrected chi connectivity index (χ4v) is 3.42. The lowest BCUT2D eigenvalue weighted by Gasteiger charge is -2.13. The summed E-state index contributed by atoms with van der Waals surface area (Å²) in [7, 11) is -0.795. The fraction of sp³-hybridized carbons (Fsp3) is 0.556. The van der Waals surface area contributed by atoms with E-state index in [0.29, 0.717) is 19.5 Å². The third-order valence-corrected chi connectivity index (χ3v) is 6.04. The minimum absolute atomic E-state index is 0.0140. The predicted octanol–water partition coefficient (Wildman–Crippen LogP) is 2.41. The van der Waals surface area contributed by atoms with Gasteiger partial charge in [-0.15, -0.1) is 0 Å². The number of amides is 2. The van der Waals surface area contributed by atoms with Gasteiger partial charge in [0.1, 0.15) is 0 Å². The second-order valence-electron chi connectivity index (χ2n) is 6.35. The summed E-state index contributed by atoms with van der Waals surface area (Å²) in [4.78, 5) is 23.8. The number of halogens is 1. The number of carbonyl (C=O) groups is 2. The monoisotopic (exact) mass is 417 g/mol. The molecule has 1 aromatic rings. The van der Waals surface area contributed by atoms with Crippen molar-refractivity contribution in [3.8, 4) is 0 Å². The molecule has 0 fully saturated rings. The Bertz CT molecular complexity index is 751. The number of hydrogen-bond donors (Lipinski definition) is 2. The molecular weight excluding hydrogens is 390 g/mol. The van der Waals surface area contributed by atoms with E-state index in [0.717, 1.165) is 30.0 Å². The van der Waals surface area contributed by atoms with Crippen LogP contribution in [-0.4, -0.2) is 51.7 Å². The summed E-state index contributed by atoms with van der Waals surface area (Å²) < 4.78 is 25.5. The number of nitrogens with zero attached hydrogens (tertiary/aromatic N) is 1. The summed E-state index contributed by atoms with van der Waals surface area (Å²) in [6.45, 7) is 3.12. The first-order valence-corrected chi connectivity index (χ1v) is 10.8. The first-order valence-electron chi connectivity index (χ1n) is 8.97. The summed E-state index contributed by atoms with van der Waals surface area (Å²) >= 11 is 6.05. The zero-order chi connectivity index (χ0) is 20.4. The van der Waals surface area contributed by atoms with Crippen LogP contribution in [0.3, 0.4) is 0 Å². The van der Waals surface area contributed by atoms with E-state index in [1.807, 2.05) is 6.92 Å². The molecule has 7 nitrogen and oxygen atoms in total. The van der Waals surface area contributed by atoms with Gasteiger partial charge < -0.3 is 10.6 Å². The smallest absolute Gasteiger partial charge is 0.252 e. The van der Waals surface area contributed by atoms with Crippen molar-refractivity contribution in [1.29, 1.82) is 0 Å². The van der Waals surface area contributed by atoms with Crippen LogP contribution in [0.5, 0.6) is 0 Å². The Kier molecular flexibility index (Phi) is 9.76. The topological polar surface area (TPSA) is 95.6 Å². The molecule has 2 N–H and O–H groups in total. The highest BCUT2D eigenvalue weighted by Crippen LogP contribution is 2.22. The normalized spacial score (nSPS) is 11.4. The lowest BCUT2D eigenvalue weighted by atomic mass is 10.1. The van der Waals surface area contributed by atoms with Crippen LogP contribution in [0.15, 0.2) is 23.1 Å². The summed E-state index contributed by atoms with van der Waals surface area (Å²) in [6.07, 6.45) is 3.67. The molecule has 0 atom stereocenters. The molecule has 152 valence electrons. The molecule has 27 heavy (non-hydrogen) atoms. The molecule has 0 aromatic heterocycles. The van der Waals surface area contributed by atoms with Crippen LogP contribution in [0, 0.1) is 0 Å². The summed E-state index contributed by atoms with van der Waals surface area (Å²) in [5.74, 6) is -0.372. The van der Waals surface area contributed by atoms with Gasteiger partial charge in [0.15, 0.2) is 0 Å². The lowest BCUT2D eigenvalue weighted by molar-refractivity contribution is -0.121. The zero-order valence-electron chi connectivity index (χ0n) is 16.0. The molecule has 0 spiro atoms. The standard InChI is InChI=1S/C18H28ClN3O4S/c1-4-11-20-17(23)8-6-5-7-12-21-18(24)15-13-14(9-10-16(15)19)27(25,26)22(2)3/h9-10,13H,4-8,11-12H2,1-3H3,(H,20,23)(H,21,24). The second-order valence-corrected chi connectivity index (χ2v) is 8.90. The number of carbonyl (C=O) groups excluding carboxylic acids is 2. The molecule has 0 radical (unpaired) electrons. The van der Waals surface area contributed by atoms with Gasteiger partial charge in [0.25, 0.3) is 5.91 Å². The first kappa shape index (κ1) is 23.4. The maximum atomic E-state index is 12.3. The van der Waals surface area contributed by atoms with Crippen molar-refractivity contribution in [1.82, 2.24) is 14.9 Å². The van der Waals surface area contributed by atoms with E-state index < -0.39 is 15.9 Å². The highest BCUT2D eigenvalue weighted by Gasteiger charge is 2.20. The maximum absolute atomic E-state index is 12.3. The number of nitrogens with one attached hydrogen (secondary N) is 2. The van der Waals surface area contributed by atoms with E-state index in [1.54, 1.807) is 0 Å². The zero-order valence-corrected chi connectivity index (χ0v) is 17.6. The number of sulfonamides is 1. The number of rotatable bonds is 11. The summed E-state index contributed by atoms with van der Waals surface area (Å²) in [5.41, 5.74) is 0.124. The van der Waals surface area contributed by atoms with Gasteiger partial charge in [-0.25, -0.2) is 12.7 Å². The quantitative estimate of drug-likeness (QED) is 0.540. The molecule has 2 amide bonds. The van der Waals surface area contributed by atoms with E-state index in [4.69, 9.17) is 11.6 Å². The van der Waals surface area contributed by atoms with Crippen molar-refractivity contribution in [2.75, 3.05) is 27.2 Å². The lowest BCUT2D eigenvalue weighted by Crippen LogP contribution is -2.26. The van der Waals surface area contributed by atoms with Gasteiger partial charge in [0.05, 0.1) is 15.5 Å². The Balaban J connectivity index is 2.50. The third kappa shape index (κ3) is 7.48. The molecule has 9 heteroatoms. The number of benzene rings is 1. The summed E-state index contributed by atoms with van der Waals surface area (Å²) in [5, 5.41) is 5.75. The number of unbranched alkanes of at least 4 members (excludes halogenated alkanes) is 2. The van der Waals surface area contributed by atoms with E-state index >= 15 is 0 Å². The van der Waals surface area contributed by atoms with Crippen LogP contribution >= 0.6 is 11.6 Å². The van der Waals surface area contributed by atoms with Gasteiger partial charge in [-0.1, -0.05) is 24.9 Å². The van der Waals surface area contributed by atoms with Crippen molar-refractivity contribution in [2.45, 2.75) is 43.9 Å². The van der Waals surface area contributed by atoms with Gasteiger partial charge in [-0.3, -0.25) is 9.59 Å². The van der Waals surface area contributed by atoms with Crippen LogP contribution in [-0.2, 0) is 14.8 Å². The van der Waals surface area contributed by atoms with Gasteiger partial charge >= 0.3 is 0 Å². The molecule has 0 aliphatic carbocycles. The van der Waals surface area contributed by atoms with Crippen LogP contribution in [0.2, 0.25) is 5.02 Å². The molecule has 0 aliphatic rings. The molecule has 0 heterocycles. The average Bonchev–Trinajstić information content (AvgIpc) is 2.62.